The summed E-state index contributed by atoms with van der Waals surface area (Å²) in [5, 5.41) is 0. The Bertz CT molecular complexity index is 1520. The van der Waals surface area contributed by atoms with Crippen molar-refractivity contribution in [2.24, 2.45) is 0 Å². The van der Waals surface area contributed by atoms with Crippen LogP contribution < -0.4 is 18.9 Å². The maximum atomic E-state index is 5.94. The van der Waals surface area contributed by atoms with Gasteiger partial charge in [-0.15, -0.1) is 6.58 Å². The second-order valence-electron chi connectivity index (χ2n) is 15.7. The lowest BCUT2D eigenvalue weighted by molar-refractivity contribution is -0.0245. The summed E-state index contributed by atoms with van der Waals surface area (Å²) in [5.41, 5.74) is 1.88. The van der Waals surface area contributed by atoms with Gasteiger partial charge in [-0.2, -0.15) is 0 Å². The first-order chi connectivity index (χ1) is 34.7. The number of rotatable bonds is 3. The minimum Gasteiger partial charge on any atom is -0.487 e. The third kappa shape index (κ3) is 28.4. The molecule has 396 valence electrons. The van der Waals surface area contributed by atoms with Crippen molar-refractivity contribution >= 4 is 12.2 Å². The van der Waals surface area contributed by atoms with E-state index in [9.17, 15) is 0 Å². The Labute approximate surface area is 416 Å². The molecule has 0 saturated carbocycles. The highest BCUT2D eigenvalue weighted by molar-refractivity contribution is 5.55. The minimum absolute atomic E-state index is 0.0905. The first-order valence-electron chi connectivity index (χ1n) is 24.8. The van der Waals surface area contributed by atoms with Crippen molar-refractivity contribution in [1.82, 2.24) is 9.80 Å². The van der Waals surface area contributed by atoms with Crippen molar-refractivity contribution in [1.29, 1.82) is 0 Å². The van der Waals surface area contributed by atoms with Gasteiger partial charge in [0.2, 0.25) is 0 Å². The van der Waals surface area contributed by atoms with E-state index in [1.54, 1.807) is 12.2 Å². The van der Waals surface area contributed by atoms with E-state index in [4.69, 9.17) is 75.8 Å². The topological polar surface area (TPSA) is 154 Å². The van der Waals surface area contributed by atoms with Crippen LogP contribution in [0.25, 0.3) is 12.2 Å². The smallest absolute Gasteiger partial charge is 0.161 e. The molecule has 70 heavy (non-hydrogen) atoms. The average Bonchev–Trinajstić information content (AvgIpc) is 3.38. The van der Waals surface area contributed by atoms with Gasteiger partial charge in [-0.1, -0.05) is 43.5 Å². The van der Waals surface area contributed by atoms with Crippen LogP contribution in [0.4, 0.5) is 0 Å². The van der Waals surface area contributed by atoms with E-state index in [1.807, 2.05) is 42.5 Å². The van der Waals surface area contributed by atoms with Gasteiger partial charge < -0.3 is 75.8 Å². The molecule has 4 aliphatic heterocycles. The van der Waals surface area contributed by atoms with Gasteiger partial charge in [0, 0.05) is 39.3 Å². The first-order valence-corrected chi connectivity index (χ1v) is 24.8. The van der Waals surface area contributed by atoms with Gasteiger partial charge in [-0.25, -0.2) is 0 Å². The molecule has 2 bridgehead atoms. The summed E-state index contributed by atoms with van der Waals surface area (Å²) < 4.78 is 91.8. The molecule has 18 heteroatoms. The lowest BCUT2D eigenvalue weighted by atomic mass is 10.2. The molecule has 0 spiro atoms. The molecule has 1 unspecified atom stereocenters. The van der Waals surface area contributed by atoms with E-state index in [2.05, 4.69) is 29.5 Å². The number of hydrogen-bond acceptors (Lipinski definition) is 18. The van der Waals surface area contributed by atoms with Gasteiger partial charge >= 0.3 is 0 Å². The second-order valence-corrected chi connectivity index (χ2v) is 15.7. The molecule has 4 heterocycles. The molecule has 2 aromatic carbocycles. The van der Waals surface area contributed by atoms with Crippen LogP contribution in [0.2, 0.25) is 0 Å². The Morgan fingerprint density at radius 3 is 0.943 bits per heavy atom. The second kappa shape index (κ2) is 40.8. The summed E-state index contributed by atoms with van der Waals surface area (Å²) in [5.74, 6) is 2.54. The molecule has 0 aromatic heterocycles. The highest BCUT2D eigenvalue weighted by Gasteiger charge is 2.13. The summed E-state index contributed by atoms with van der Waals surface area (Å²) in [4.78, 5) is 4.60. The van der Waals surface area contributed by atoms with E-state index in [-0.39, 0.29) is 6.10 Å². The molecule has 3 fully saturated rings. The monoisotopic (exact) mass is 991 g/mol. The van der Waals surface area contributed by atoms with E-state index in [0.29, 0.717) is 201 Å². The van der Waals surface area contributed by atoms with Crippen molar-refractivity contribution < 1.29 is 75.8 Å². The quantitative estimate of drug-likeness (QED) is 0.394. The van der Waals surface area contributed by atoms with Gasteiger partial charge in [0.1, 0.15) is 26.4 Å². The summed E-state index contributed by atoms with van der Waals surface area (Å²) in [6, 6.07) is 11.4. The number of hydrogen-bond donors (Lipinski definition) is 0. The summed E-state index contributed by atoms with van der Waals surface area (Å²) in [6.45, 7) is 30.4. The Morgan fingerprint density at radius 2 is 0.614 bits per heavy atom. The number of benzene rings is 2. The number of nitrogens with zero attached hydrogens (tertiary/aromatic N) is 2. The highest BCUT2D eigenvalue weighted by Crippen LogP contribution is 2.30. The van der Waals surface area contributed by atoms with Crippen molar-refractivity contribution in [3.63, 3.8) is 0 Å². The molecule has 2 aromatic rings. The molecule has 18 nitrogen and oxygen atoms in total. The van der Waals surface area contributed by atoms with Crippen molar-refractivity contribution in [2.45, 2.75) is 6.10 Å². The standard InChI is InChI=1S/C32H44O10.C20H38N2O6/c1-3-27-5-7-29-31(25-27)41-23-19-37-15-11-34-12-16-38-20-24-42-32-26-28(4-2)6-8-30(32)40-22-18-36-14-10-33-9-13-35-17-21-39-29;1-2-20-19-27-13-7-21-3-9-23-15-17-25-11-5-22(8-14-28-20)6-12-26-18-16-24-10-4-21/h3-8,25-26H,1-2,9-24H2;2,20H,1,3-19H2. The van der Waals surface area contributed by atoms with Crippen molar-refractivity contribution in [3.8, 4) is 23.0 Å². The fraction of sp³-hybridized carbons (Fsp3) is 0.654. The molecular weight excluding hydrogens is 909 g/mol. The SMILES string of the molecule is C=CC1COCCN2CCOCCOCCN(CCOCCOCC2)CCO1.C=Cc1ccc2c(c1)OCCOCCOCCOCCOc1cc(C=C)ccc1OCCOCCOCCOCCO2. The van der Waals surface area contributed by atoms with E-state index in [1.165, 1.54) is 0 Å². The molecule has 0 amide bonds. The normalized spacial score (nSPS) is 23.6. The molecule has 1 atom stereocenters. The van der Waals surface area contributed by atoms with Gasteiger partial charge in [-0.3, -0.25) is 9.80 Å². The van der Waals surface area contributed by atoms with Gasteiger partial charge in [0.05, 0.1) is 158 Å². The van der Waals surface area contributed by atoms with Gasteiger partial charge in [0.15, 0.2) is 23.0 Å². The summed E-state index contributed by atoms with van der Waals surface area (Å²) >= 11 is 0. The molecule has 0 radical (unpaired) electrons. The van der Waals surface area contributed by atoms with Crippen LogP contribution in [-0.2, 0) is 56.8 Å². The fourth-order valence-electron chi connectivity index (χ4n) is 6.69. The average molecular weight is 991 g/mol. The molecule has 3 saturated heterocycles. The Kier molecular flexibility index (Phi) is 34.4. The third-order valence-corrected chi connectivity index (χ3v) is 10.6. The molecule has 4 aliphatic rings. The van der Waals surface area contributed by atoms with Crippen molar-refractivity contribution in [2.75, 3.05) is 218 Å². The summed E-state index contributed by atoms with van der Waals surface area (Å²) in [7, 11) is 0. The largest absolute Gasteiger partial charge is 0.487 e. The number of fused-ring (bicyclic) bond motifs is 23. The maximum Gasteiger partial charge on any atom is 0.161 e. The van der Waals surface area contributed by atoms with E-state index < -0.39 is 0 Å². The molecule has 6 rings (SSSR count). The van der Waals surface area contributed by atoms with Crippen LogP contribution >= 0.6 is 0 Å². The Morgan fingerprint density at radius 1 is 0.329 bits per heavy atom. The summed E-state index contributed by atoms with van der Waals surface area (Å²) in [6.07, 6.45) is 5.24. The third-order valence-electron chi connectivity index (χ3n) is 10.6. The van der Waals surface area contributed by atoms with Crippen LogP contribution in [0.3, 0.4) is 0 Å². The van der Waals surface area contributed by atoms with Crippen LogP contribution in [0.15, 0.2) is 62.2 Å². The van der Waals surface area contributed by atoms with Crippen LogP contribution in [0.1, 0.15) is 11.1 Å². The van der Waals surface area contributed by atoms with Crippen LogP contribution in [0, 0.1) is 0 Å². The number of ether oxygens (including phenoxy) is 16. The Balaban J connectivity index is 0.000000330. The lowest BCUT2D eigenvalue weighted by Crippen LogP contribution is -2.37. The highest BCUT2D eigenvalue weighted by atomic mass is 16.6. The first kappa shape index (κ1) is 58.9. The Hall–Kier alpha value is -3.70. The lowest BCUT2D eigenvalue weighted by Gasteiger charge is -2.25. The zero-order valence-electron chi connectivity index (χ0n) is 41.7. The fourth-order valence-corrected chi connectivity index (χ4v) is 6.69. The molecule has 0 N–H and O–H groups in total. The predicted octanol–water partition coefficient (Wildman–Crippen LogP) is 4.57. The predicted molar refractivity (Wildman–Crippen MR) is 267 cm³/mol. The van der Waals surface area contributed by atoms with E-state index in [0.717, 1.165) is 50.4 Å². The van der Waals surface area contributed by atoms with Crippen LogP contribution in [-0.4, -0.2) is 234 Å². The molecular formula is C52H82N2O16. The molecule has 0 aliphatic carbocycles. The maximum absolute atomic E-state index is 5.94. The van der Waals surface area contributed by atoms with Crippen molar-refractivity contribution in [3.05, 3.63) is 73.3 Å². The van der Waals surface area contributed by atoms with E-state index >= 15 is 0 Å². The minimum atomic E-state index is -0.0905. The zero-order chi connectivity index (χ0) is 49.2. The zero-order valence-corrected chi connectivity index (χ0v) is 41.7. The van der Waals surface area contributed by atoms with Gasteiger partial charge in [0.25, 0.3) is 0 Å². The van der Waals surface area contributed by atoms with Crippen LogP contribution in [0.5, 0.6) is 23.0 Å². The van der Waals surface area contributed by atoms with Gasteiger partial charge in [-0.05, 0) is 35.4 Å².